The molecule has 0 unspecified atom stereocenters. The lowest BCUT2D eigenvalue weighted by Crippen LogP contribution is -2.48. The topological polar surface area (TPSA) is 83.1 Å². The number of carbonyl (C=O) groups excluding carboxylic acids is 1. The van der Waals surface area contributed by atoms with E-state index in [1.807, 2.05) is 12.1 Å². The monoisotopic (exact) mass is 620 g/mol. The van der Waals surface area contributed by atoms with Crippen molar-refractivity contribution >= 4 is 52.1 Å². The van der Waals surface area contributed by atoms with E-state index in [9.17, 15) is 18.0 Å². The van der Waals surface area contributed by atoms with Crippen LogP contribution in [0.1, 0.15) is 30.4 Å². The average molecular weight is 621 g/mol. The van der Waals surface area contributed by atoms with Gasteiger partial charge in [-0.25, -0.2) is 9.78 Å². The number of halogens is 4. The maximum Gasteiger partial charge on any atom is 0.419 e. The second kappa shape index (κ2) is 12.0. The van der Waals surface area contributed by atoms with Crippen molar-refractivity contribution in [2.75, 3.05) is 54.5 Å². The van der Waals surface area contributed by atoms with Crippen molar-refractivity contribution in [2.24, 2.45) is 0 Å². The number of hydrogen-bond donors (Lipinski definition) is 1. The van der Waals surface area contributed by atoms with Crippen molar-refractivity contribution in [3.05, 3.63) is 57.4 Å². The number of alkyl halides is 3. The van der Waals surface area contributed by atoms with Gasteiger partial charge in [-0.1, -0.05) is 24.1 Å². The van der Waals surface area contributed by atoms with Gasteiger partial charge in [0.25, 0.3) is 0 Å². The van der Waals surface area contributed by atoms with Gasteiger partial charge in [0, 0.05) is 42.0 Å². The van der Waals surface area contributed by atoms with Gasteiger partial charge in [0.15, 0.2) is 11.5 Å². The number of aromatic nitrogens is 2. The van der Waals surface area contributed by atoms with Crippen LogP contribution in [0.25, 0.3) is 0 Å². The Hall–Kier alpha value is -3.55. The highest BCUT2D eigenvalue weighted by atomic mass is 35.5. The van der Waals surface area contributed by atoms with E-state index in [1.54, 1.807) is 18.2 Å². The summed E-state index contributed by atoms with van der Waals surface area (Å²) in [6.45, 7) is 3.61. The van der Waals surface area contributed by atoms with E-state index in [1.165, 1.54) is 30.4 Å². The number of amides is 2. The van der Waals surface area contributed by atoms with Crippen LogP contribution in [0.15, 0.2) is 41.9 Å². The van der Waals surface area contributed by atoms with Crippen LogP contribution in [0, 0.1) is 0 Å². The molecule has 1 saturated heterocycles. The molecule has 222 valence electrons. The van der Waals surface area contributed by atoms with Crippen LogP contribution in [-0.2, 0) is 12.7 Å². The number of nitrogens with one attached hydrogen (secondary N) is 1. The molecule has 3 aromatic rings. The quantitative estimate of drug-likeness (QED) is 0.317. The lowest BCUT2D eigenvalue weighted by Gasteiger charge is -2.36. The van der Waals surface area contributed by atoms with Gasteiger partial charge in [0.05, 0.1) is 17.8 Å². The predicted molar refractivity (Wildman–Crippen MR) is 155 cm³/mol. The van der Waals surface area contributed by atoms with Crippen molar-refractivity contribution in [1.82, 2.24) is 14.9 Å². The van der Waals surface area contributed by atoms with Gasteiger partial charge in [0.1, 0.15) is 23.4 Å². The highest BCUT2D eigenvalue weighted by Crippen LogP contribution is 2.47. The van der Waals surface area contributed by atoms with Crippen LogP contribution < -0.4 is 24.6 Å². The Labute approximate surface area is 249 Å². The number of urea groups is 1. The summed E-state index contributed by atoms with van der Waals surface area (Å²) in [5.41, 5.74) is -0.206. The Bertz CT molecular complexity index is 1490. The van der Waals surface area contributed by atoms with Crippen molar-refractivity contribution < 1.29 is 27.4 Å². The Kier molecular flexibility index (Phi) is 8.15. The lowest BCUT2D eigenvalue weighted by atomic mass is 10.1. The molecule has 14 heteroatoms. The SMILES string of the molecule is O=C1N2C/C=C\COc3cc(ccc3OCCN3CCCCC3)Nc3ncc(c2n3)CN1c1c(C(F)(F)F)csc1Cl. The number of likely N-dealkylation sites (tertiary alicyclic amines) is 1. The van der Waals surface area contributed by atoms with E-state index >= 15 is 0 Å². The zero-order valence-corrected chi connectivity index (χ0v) is 24.1. The van der Waals surface area contributed by atoms with Gasteiger partial charge >= 0.3 is 12.2 Å². The lowest BCUT2D eigenvalue weighted by molar-refractivity contribution is -0.136. The minimum Gasteiger partial charge on any atom is -0.488 e. The Morgan fingerprint density at radius 2 is 1.98 bits per heavy atom. The molecule has 0 spiro atoms. The van der Waals surface area contributed by atoms with Gasteiger partial charge in [-0.2, -0.15) is 18.2 Å². The minimum atomic E-state index is -4.68. The summed E-state index contributed by atoms with van der Waals surface area (Å²) < 4.78 is 53.3. The molecule has 5 heterocycles. The first-order valence-corrected chi connectivity index (χ1v) is 14.9. The third-order valence-corrected chi connectivity index (χ3v) is 8.49. The van der Waals surface area contributed by atoms with E-state index in [4.69, 9.17) is 21.1 Å². The fourth-order valence-corrected chi connectivity index (χ4v) is 6.33. The van der Waals surface area contributed by atoms with Crippen LogP contribution >= 0.6 is 22.9 Å². The molecule has 0 saturated carbocycles. The number of hydrogen-bond acceptors (Lipinski definition) is 8. The van der Waals surface area contributed by atoms with Gasteiger partial charge in [-0.05, 0) is 44.1 Å². The zero-order valence-electron chi connectivity index (χ0n) is 22.5. The van der Waals surface area contributed by atoms with Gasteiger partial charge in [-0.3, -0.25) is 14.7 Å². The number of rotatable bonds is 5. The number of ether oxygens (including phenoxy) is 2. The van der Waals surface area contributed by atoms with Crippen LogP contribution in [-0.4, -0.2) is 60.3 Å². The van der Waals surface area contributed by atoms with Crippen molar-refractivity contribution in [3.8, 4) is 11.5 Å². The minimum absolute atomic E-state index is 0.0437. The van der Waals surface area contributed by atoms with Gasteiger partial charge < -0.3 is 14.8 Å². The molecule has 3 aliphatic rings. The summed E-state index contributed by atoms with van der Waals surface area (Å²) in [7, 11) is 0. The molecule has 0 atom stereocenters. The van der Waals surface area contributed by atoms with Crippen LogP contribution in [0.4, 0.5) is 41.1 Å². The zero-order chi connectivity index (χ0) is 29.3. The molecule has 9 nitrogen and oxygen atoms in total. The molecule has 0 aliphatic carbocycles. The summed E-state index contributed by atoms with van der Waals surface area (Å²) in [6.07, 6.45) is 3.97. The molecule has 2 amide bonds. The smallest absolute Gasteiger partial charge is 0.419 e. The summed E-state index contributed by atoms with van der Waals surface area (Å²) in [6, 6.07) is 4.77. The van der Waals surface area contributed by atoms with E-state index < -0.39 is 17.8 Å². The largest absolute Gasteiger partial charge is 0.488 e. The molecule has 1 aromatic carbocycles. The average Bonchev–Trinajstić information content (AvgIpc) is 3.37. The van der Waals surface area contributed by atoms with E-state index in [0.717, 1.165) is 41.3 Å². The molecular formula is C28H28ClF3N6O3S. The maximum atomic E-state index is 13.8. The number of carbonyl (C=O) groups is 1. The van der Waals surface area contributed by atoms with Crippen molar-refractivity contribution in [3.63, 3.8) is 0 Å². The molecule has 0 radical (unpaired) electrons. The number of anilines is 4. The third-order valence-electron chi connectivity index (χ3n) is 7.29. The first kappa shape index (κ1) is 28.6. The summed E-state index contributed by atoms with van der Waals surface area (Å²) in [5.74, 6) is 1.67. The molecule has 2 aromatic heterocycles. The molecule has 4 bridgehead atoms. The fraction of sp³-hybridized carbons (Fsp3) is 0.393. The van der Waals surface area contributed by atoms with Crippen molar-refractivity contribution in [2.45, 2.75) is 32.0 Å². The molecule has 1 fully saturated rings. The van der Waals surface area contributed by atoms with Crippen LogP contribution in [0.2, 0.25) is 4.34 Å². The second-order valence-corrected chi connectivity index (χ2v) is 11.6. The third kappa shape index (κ3) is 5.99. The Morgan fingerprint density at radius 3 is 2.79 bits per heavy atom. The summed E-state index contributed by atoms with van der Waals surface area (Å²) >= 11 is 6.91. The van der Waals surface area contributed by atoms with Gasteiger partial charge in [-0.15, -0.1) is 11.3 Å². The first-order valence-electron chi connectivity index (χ1n) is 13.6. The van der Waals surface area contributed by atoms with E-state index in [0.29, 0.717) is 35.2 Å². The molecular weight excluding hydrogens is 593 g/mol. The normalized spacial score (nSPS) is 18.3. The molecule has 42 heavy (non-hydrogen) atoms. The first-order chi connectivity index (χ1) is 20.3. The number of nitrogens with zero attached hydrogens (tertiary/aromatic N) is 5. The fourth-order valence-electron chi connectivity index (χ4n) is 5.20. The number of benzene rings is 1. The van der Waals surface area contributed by atoms with Crippen molar-refractivity contribution in [1.29, 1.82) is 0 Å². The van der Waals surface area contributed by atoms with E-state index in [2.05, 4.69) is 20.2 Å². The number of thiophene rings is 1. The highest BCUT2D eigenvalue weighted by Gasteiger charge is 2.42. The highest BCUT2D eigenvalue weighted by molar-refractivity contribution is 7.15. The summed E-state index contributed by atoms with van der Waals surface area (Å²) in [5, 5.41) is 4.06. The Morgan fingerprint density at radius 1 is 1.14 bits per heavy atom. The van der Waals surface area contributed by atoms with Crippen LogP contribution in [0.3, 0.4) is 0 Å². The standard InChI is InChI=1S/C28H28ClF3N6O3S/c29-24-23(20(17-42-24)28(30,31)32)38-16-18-15-33-26-34-19-6-7-21(41-13-11-36-8-2-1-3-9-36)22(14-19)40-12-5-4-10-37(27(38)39)25(18)35-26/h4-7,14-15,17H,1-3,8-13,16H2,(H,33,34,35)/b5-4-. The molecule has 6 rings (SSSR count). The number of fused-ring (bicyclic) bond motifs is 3. The summed E-state index contributed by atoms with van der Waals surface area (Å²) in [4.78, 5) is 27.3. The Balaban J connectivity index is 1.26. The predicted octanol–water partition coefficient (Wildman–Crippen LogP) is 6.71. The maximum absolute atomic E-state index is 13.8. The molecule has 3 aliphatic heterocycles. The van der Waals surface area contributed by atoms with E-state index in [-0.39, 0.29) is 35.7 Å². The van der Waals surface area contributed by atoms with Gasteiger partial charge in [0.2, 0.25) is 5.95 Å². The number of piperidine rings is 1. The molecule has 1 N–H and O–H groups in total. The van der Waals surface area contributed by atoms with Crippen LogP contribution in [0.5, 0.6) is 11.5 Å². The second-order valence-electron chi connectivity index (χ2n) is 10.1.